The highest BCUT2D eigenvalue weighted by molar-refractivity contribution is 5.77. The van der Waals surface area contributed by atoms with Crippen LogP contribution in [0.1, 0.15) is 24.2 Å². The predicted molar refractivity (Wildman–Crippen MR) is 77.3 cm³/mol. The Hall–Kier alpha value is -1.62. The van der Waals surface area contributed by atoms with Gasteiger partial charge in [-0.25, -0.2) is 0 Å². The van der Waals surface area contributed by atoms with Crippen molar-refractivity contribution in [2.45, 2.75) is 25.3 Å². The fourth-order valence-electron chi connectivity index (χ4n) is 2.76. The van der Waals surface area contributed by atoms with Crippen molar-refractivity contribution in [2.24, 2.45) is 0 Å². The van der Waals surface area contributed by atoms with Gasteiger partial charge in [-0.15, -0.1) is 0 Å². The number of nitrogens with zero attached hydrogens (tertiary/aromatic N) is 2. The molecule has 1 fully saturated rings. The number of hydrogen-bond donors (Lipinski definition) is 3. The van der Waals surface area contributed by atoms with Crippen LogP contribution in [-0.2, 0) is 5.54 Å². The maximum absolute atomic E-state index is 7.90. The molecule has 5 heteroatoms. The average molecular weight is 261 g/mol. The molecule has 1 unspecified atom stereocenters. The van der Waals surface area contributed by atoms with Crippen LogP contribution in [0.25, 0.3) is 0 Å². The summed E-state index contributed by atoms with van der Waals surface area (Å²) in [6, 6.07) is 6.11. The summed E-state index contributed by atoms with van der Waals surface area (Å²) in [6.07, 6.45) is 2.11. The van der Waals surface area contributed by atoms with E-state index in [0.717, 1.165) is 37.3 Å². The molecule has 0 radical (unpaired) electrons. The largest absolute Gasteiger partial charge is 0.360 e. The zero-order valence-corrected chi connectivity index (χ0v) is 12.0. The molecule has 1 aliphatic rings. The number of likely N-dealkylation sites (tertiary alicyclic amines) is 1. The van der Waals surface area contributed by atoms with E-state index in [4.69, 9.17) is 5.41 Å². The number of likely N-dealkylation sites (N-methyl/N-ethyl adjacent to an activating group) is 1. The number of hydrogen-bond acceptors (Lipinski definition) is 3. The van der Waals surface area contributed by atoms with Gasteiger partial charge in [-0.05, 0) is 45.5 Å². The molecule has 1 aliphatic heterocycles. The van der Waals surface area contributed by atoms with Crippen LogP contribution in [0.15, 0.2) is 18.2 Å². The van der Waals surface area contributed by atoms with Gasteiger partial charge in [-0.1, -0.05) is 6.07 Å². The maximum atomic E-state index is 7.90. The summed E-state index contributed by atoms with van der Waals surface area (Å²) in [5, 5.41) is 14.1. The summed E-state index contributed by atoms with van der Waals surface area (Å²) < 4.78 is 0. The van der Waals surface area contributed by atoms with Crippen LogP contribution in [0.5, 0.6) is 0 Å². The van der Waals surface area contributed by atoms with Gasteiger partial charge < -0.3 is 15.5 Å². The number of aryl methyl sites for hydroxylation is 1. The molecule has 3 N–H and O–H groups in total. The van der Waals surface area contributed by atoms with Gasteiger partial charge in [0.2, 0.25) is 0 Å². The second kappa shape index (κ2) is 5.57. The average Bonchev–Trinajstić information content (AvgIpc) is 2.38. The van der Waals surface area contributed by atoms with Gasteiger partial charge in [0.15, 0.2) is 5.96 Å². The van der Waals surface area contributed by atoms with E-state index >= 15 is 0 Å². The normalized spacial score (nSPS) is 23.9. The Morgan fingerprint density at radius 3 is 2.89 bits per heavy atom. The van der Waals surface area contributed by atoms with Gasteiger partial charge in [-0.2, -0.15) is 0 Å². The molecule has 2 rings (SSSR count). The zero-order chi connectivity index (χ0) is 13.9. The molecule has 19 heavy (non-hydrogen) atoms. The minimum absolute atomic E-state index is 0.265. The number of nitrogens with one attached hydrogen (secondary N) is 3. The standard InChI is InChI=1S/C14H23N5/c1-11-6-4-7-12(17-11)14(18-13(15)16-2)8-5-9-19(3)10-14/h4,6-7H,5,8-10H2,1-3H3,(H3,15,16,18). The molecule has 0 aliphatic carbocycles. The summed E-state index contributed by atoms with van der Waals surface area (Å²) in [7, 11) is 3.88. The third-order valence-corrected chi connectivity index (χ3v) is 3.68. The fraction of sp³-hybridized carbons (Fsp3) is 0.571. The Bertz CT molecular complexity index is 459. The van der Waals surface area contributed by atoms with Crippen molar-refractivity contribution in [3.05, 3.63) is 29.6 Å². The summed E-state index contributed by atoms with van der Waals surface area (Å²) >= 11 is 0. The van der Waals surface area contributed by atoms with Crippen LogP contribution in [0.3, 0.4) is 0 Å². The van der Waals surface area contributed by atoms with Crippen LogP contribution in [0.2, 0.25) is 0 Å². The van der Waals surface area contributed by atoms with E-state index < -0.39 is 0 Å². The lowest BCUT2D eigenvalue weighted by molar-refractivity contribution is 0.157. The highest BCUT2D eigenvalue weighted by atomic mass is 15.2. The molecule has 1 aromatic heterocycles. The molecule has 0 bridgehead atoms. The van der Waals surface area contributed by atoms with Crippen molar-refractivity contribution >= 4 is 5.96 Å². The Kier molecular flexibility index (Phi) is 4.04. The first-order valence-electron chi connectivity index (χ1n) is 6.73. The number of pyridine rings is 1. The Balaban J connectivity index is 2.35. The van der Waals surface area contributed by atoms with Crippen molar-refractivity contribution in [1.82, 2.24) is 20.5 Å². The Morgan fingerprint density at radius 2 is 2.26 bits per heavy atom. The van der Waals surface area contributed by atoms with E-state index in [1.165, 1.54) is 0 Å². The molecule has 1 saturated heterocycles. The van der Waals surface area contributed by atoms with E-state index in [-0.39, 0.29) is 5.54 Å². The molecule has 0 saturated carbocycles. The third kappa shape index (κ3) is 3.04. The first kappa shape index (κ1) is 13.8. The molecule has 1 atom stereocenters. The summed E-state index contributed by atoms with van der Waals surface area (Å²) in [4.78, 5) is 6.97. The number of aromatic nitrogens is 1. The second-order valence-electron chi connectivity index (χ2n) is 5.34. The molecule has 5 nitrogen and oxygen atoms in total. The van der Waals surface area contributed by atoms with Crippen molar-refractivity contribution < 1.29 is 0 Å². The molecule has 1 aromatic rings. The van der Waals surface area contributed by atoms with E-state index in [1.807, 2.05) is 19.1 Å². The van der Waals surface area contributed by atoms with Crippen molar-refractivity contribution in [1.29, 1.82) is 5.41 Å². The van der Waals surface area contributed by atoms with Gasteiger partial charge in [0.05, 0.1) is 11.2 Å². The SMILES string of the molecule is CNC(=N)NC1(c2cccc(C)n2)CCCN(C)C1. The predicted octanol–water partition coefficient (Wildman–Crippen LogP) is 1.05. The number of rotatable bonds is 2. The molecular formula is C14H23N5. The van der Waals surface area contributed by atoms with Crippen molar-refractivity contribution in [2.75, 3.05) is 27.2 Å². The maximum Gasteiger partial charge on any atom is 0.188 e. The van der Waals surface area contributed by atoms with Crippen molar-refractivity contribution in [3.63, 3.8) is 0 Å². The van der Waals surface area contributed by atoms with E-state index in [1.54, 1.807) is 7.05 Å². The smallest absolute Gasteiger partial charge is 0.188 e. The molecule has 0 spiro atoms. The summed E-state index contributed by atoms with van der Waals surface area (Å²) in [6.45, 7) is 3.97. The summed E-state index contributed by atoms with van der Waals surface area (Å²) in [5.74, 6) is 0.346. The van der Waals surface area contributed by atoms with Crippen LogP contribution in [0, 0.1) is 12.3 Å². The van der Waals surface area contributed by atoms with E-state index in [9.17, 15) is 0 Å². The number of guanidine groups is 1. The van der Waals surface area contributed by atoms with Crippen LogP contribution in [0.4, 0.5) is 0 Å². The minimum Gasteiger partial charge on any atom is -0.360 e. The molecule has 104 valence electrons. The van der Waals surface area contributed by atoms with Gasteiger partial charge in [0.25, 0.3) is 0 Å². The van der Waals surface area contributed by atoms with Crippen molar-refractivity contribution in [3.8, 4) is 0 Å². The second-order valence-corrected chi connectivity index (χ2v) is 5.34. The molecule has 2 heterocycles. The van der Waals surface area contributed by atoms with Gasteiger partial charge in [-0.3, -0.25) is 10.4 Å². The lowest BCUT2D eigenvalue weighted by atomic mass is 9.85. The molecule has 0 aromatic carbocycles. The third-order valence-electron chi connectivity index (χ3n) is 3.68. The monoisotopic (exact) mass is 261 g/mol. The molecule has 0 amide bonds. The fourth-order valence-corrected chi connectivity index (χ4v) is 2.76. The first-order valence-corrected chi connectivity index (χ1v) is 6.73. The minimum atomic E-state index is -0.265. The quantitative estimate of drug-likeness (QED) is 0.550. The lowest BCUT2D eigenvalue weighted by Gasteiger charge is -2.42. The highest BCUT2D eigenvalue weighted by Gasteiger charge is 2.37. The van der Waals surface area contributed by atoms with Crippen LogP contribution < -0.4 is 10.6 Å². The number of piperidine rings is 1. The zero-order valence-electron chi connectivity index (χ0n) is 12.0. The van der Waals surface area contributed by atoms with E-state index in [0.29, 0.717) is 5.96 Å². The molecular weight excluding hydrogens is 238 g/mol. The topological polar surface area (TPSA) is 64.0 Å². The van der Waals surface area contributed by atoms with Gasteiger partial charge in [0.1, 0.15) is 0 Å². The van der Waals surface area contributed by atoms with Crippen LogP contribution >= 0.6 is 0 Å². The van der Waals surface area contributed by atoms with Crippen LogP contribution in [-0.4, -0.2) is 43.0 Å². The summed E-state index contributed by atoms with van der Waals surface area (Å²) in [5.41, 5.74) is 1.78. The highest BCUT2D eigenvalue weighted by Crippen LogP contribution is 2.30. The Labute approximate surface area is 114 Å². The first-order chi connectivity index (χ1) is 9.05. The van der Waals surface area contributed by atoms with E-state index in [2.05, 4.69) is 33.6 Å². The van der Waals surface area contributed by atoms with Gasteiger partial charge >= 0.3 is 0 Å². The Morgan fingerprint density at radius 1 is 1.47 bits per heavy atom. The van der Waals surface area contributed by atoms with Gasteiger partial charge in [0, 0.05) is 19.3 Å². The lowest BCUT2D eigenvalue weighted by Crippen LogP contribution is -2.57.